The van der Waals surface area contributed by atoms with Crippen LogP contribution in [0.2, 0.25) is 0 Å². The van der Waals surface area contributed by atoms with E-state index in [9.17, 15) is 14.7 Å². The molecule has 0 radical (unpaired) electrons. The zero-order valence-electron chi connectivity index (χ0n) is 15.9. The molecule has 0 atom stereocenters. The predicted molar refractivity (Wildman–Crippen MR) is 106 cm³/mol. The third kappa shape index (κ3) is 3.86. The Morgan fingerprint density at radius 1 is 1.00 bits per heavy atom. The van der Waals surface area contributed by atoms with Gasteiger partial charge in [-0.1, -0.05) is 32.0 Å². The molecule has 0 saturated carbocycles. The molecule has 1 aromatic heterocycles. The third-order valence-corrected chi connectivity index (χ3v) is 4.19. The van der Waals surface area contributed by atoms with Crippen LogP contribution in [-0.4, -0.2) is 24.3 Å². The molecule has 1 N–H and O–H groups in total. The van der Waals surface area contributed by atoms with Crippen LogP contribution >= 0.6 is 0 Å². The van der Waals surface area contributed by atoms with Gasteiger partial charge in [0.15, 0.2) is 0 Å². The highest BCUT2D eigenvalue weighted by molar-refractivity contribution is 6.05. The number of benzene rings is 2. The molecule has 0 aliphatic heterocycles. The molecule has 3 rings (SSSR count). The minimum atomic E-state index is -1.31. The summed E-state index contributed by atoms with van der Waals surface area (Å²) in [5, 5.41) is 10.5. The zero-order valence-corrected chi connectivity index (χ0v) is 15.9. The Bertz CT molecular complexity index is 1050. The topological polar surface area (TPSA) is 86.0 Å². The molecule has 1 heterocycles. The lowest BCUT2D eigenvalue weighted by molar-refractivity contribution is 0.0659. The highest BCUT2D eigenvalue weighted by Gasteiger charge is 2.23. The van der Waals surface area contributed by atoms with Crippen LogP contribution in [0.1, 0.15) is 37.2 Å². The maximum atomic E-state index is 12.2. The summed E-state index contributed by atoms with van der Waals surface area (Å²) in [5.41, 5.74) is 0.168. The number of carboxylic acids is 1. The molecule has 0 amide bonds. The Balaban J connectivity index is 2.28. The molecule has 2 aromatic carbocycles. The number of rotatable bonds is 8. The molecule has 28 heavy (non-hydrogen) atoms. The standard InChI is InChI=1S/C22H22O6/c1-3-11-26-14-9-10-17(18(13-14)27-12-4-2)19-15-7-5-6-8-16(15)22(25)28-20(19)21(23)24/h5-10,13H,3-4,11-12H2,1-2H3,(H,23,24). The Labute approximate surface area is 162 Å². The normalized spacial score (nSPS) is 10.8. The van der Waals surface area contributed by atoms with E-state index in [0.29, 0.717) is 46.6 Å². The molecule has 0 bridgehead atoms. The number of ether oxygens (including phenoxy) is 2. The fraction of sp³-hybridized carbons (Fsp3) is 0.273. The predicted octanol–water partition coefficient (Wildman–Crippen LogP) is 4.74. The summed E-state index contributed by atoms with van der Waals surface area (Å²) in [7, 11) is 0. The van der Waals surface area contributed by atoms with Crippen molar-refractivity contribution in [2.45, 2.75) is 26.7 Å². The van der Waals surface area contributed by atoms with Crippen LogP contribution in [0, 0.1) is 0 Å². The summed E-state index contributed by atoms with van der Waals surface area (Å²) in [6.45, 7) is 5.02. The quantitative estimate of drug-likeness (QED) is 0.606. The summed E-state index contributed by atoms with van der Waals surface area (Å²) in [5.74, 6) is -0.606. The second-order valence-corrected chi connectivity index (χ2v) is 6.30. The van der Waals surface area contributed by atoms with Gasteiger partial charge < -0.3 is 19.0 Å². The lowest BCUT2D eigenvalue weighted by Gasteiger charge is -2.16. The number of fused-ring (bicyclic) bond motifs is 1. The van der Waals surface area contributed by atoms with E-state index in [0.717, 1.165) is 12.8 Å². The molecule has 0 spiro atoms. The van der Waals surface area contributed by atoms with Gasteiger partial charge in [-0.2, -0.15) is 0 Å². The van der Waals surface area contributed by atoms with Gasteiger partial charge in [0.1, 0.15) is 11.5 Å². The summed E-state index contributed by atoms with van der Waals surface area (Å²) in [6.07, 6.45) is 1.65. The van der Waals surface area contributed by atoms with E-state index >= 15 is 0 Å². The van der Waals surface area contributed by atoms with Crippen molar-refractivity contribution in [2.24, 2.45) is 0 Å². The summed E-state index contributed by atoms with van der Waals surface area (Å²) in [4.78, 5) is 24.1. The zero-order chi connectivity index (χ0) is 20.1. The molecule has 0 saturated heterocycles. The highest BCUT2D eigenvalue weighted by Crippen LogP contribution is 2.39. The van der Waals surface area contributed by atoms with Crippen molar-refractivity contribution >= 4 is 16.7 Å². The van der Waals surface area contributed by atoms with Crippen molar-refractivity contribution < 1.29 is 23.8 Å². The molecule has 0 aliphatic carbocycles. The van der Waals surface area contributed by atoms with Gasteiger partial charge in [0.05, 0.1) is 18.6 Å². The number of hydrogen-bond acceptors (Lipinski definition) is 5. The first-order chi connectivity index (χ1) is 13.6. The van der Waals surface area contributed by atoms with Crippen LogP contribution in [0.15, 0.2) is 51.7 Å². The number of aromatic carboxylic acids is 1. The van der Waals surface area contributed by atoms with Crippen molar-refractivity contribution in [2.75, 3.05) is 13.2 Å². The first-order valence-corrected chi connectivity index (χ1v) is 9.26. The molecule has 6 nitrogen and oxygen atoms in total. The van der Waals surface area contributed by atoms with Crippen LogP contribution in [0.4, 0.5) is 0 Å². The Hall–Kier alpha value is -3.28. The minimum Gasteiger partial charge on any atom is -0.493 e. The Morgan fingerprint density at radius 3 is 2.36 bits per heavy atom. The average molecular weight is 382 g/mol. The molecule has 146 valence electrons. The van der Waals surface area contributed by atoms with Gasteiger partial charge in [-0.25, -0.2) is 9.59 Å². The number of hydrogen-bond donors (Lipinski definition) is 1. The first kappa shape index (κ1) is 19.5. The summed E-state index contributed by atoms with van der Waals surface area (Å²) < 4.78 is 16.7. The van der Waals surface area contributed by atoms with Gasteiger partial charge in [0.25, 0.3) is 0 Å². The van der Waals surface area contributed by atoms with E-state index in [4.69, 9.17) is 13.9 Å². The second kappa shape index (κ2) is 8.61. The van der Waals surface area contributed by atoms with E-state index in [1.54, 1.807) is 42.5 Å². The van der Waals surface area contributed by atoms with Gasteiger partial charge >= 0.3 is 11.6 Å². The van der Waals surface area contributed by atoms with Gasteiger partial charge in [0.2, 0.25) is 5.76 Å². The van der Waals surface area contributed by atoms with Gasteiger partial charge in [-0.05, 0) is 31.0 Å². The van der Waals surface area contributed by atoms with Gasteiger partial charge in [0, 0.05) is 22.6 Å². The van der Waals surface area contributed by atoms with E-state index in [1.165, 1.54) is 0 Å². The van der Waals surface area contributed by atoms with E-state index in [1.807, 2.05) is 13.8 Å². The molecule has 3 aromatic rings. The summed E-state index contributed by atoms with van der Waals surface area (Å²) in [6, 6.07) is 12.0. The lowest BCUT2D eigenvalue weighted by Crippen LogP contribution is -2.10. The maximum Gasteiger partial charge on any atom is 0.372 e. The molecule has 0 unspecified atom stereocenters. The SMILES string of the molecule is CCCOc1ccc(-c2c(C(=O)O)oc(=O)c3ccccc23)c(OCCC)c1. The Kier molecular flexibility index (Phi) is 5.99. The fourth-order valence-electron chi connectivity index (χ4n) is 2.97. The van der Waals surface area contributed by atoms with Crippen LogP contribution in [-0.2, 0) is 0 Å². The highest BCUT2D eigenvalue weighted by atomic mass is 16.5. The van der Waals surface area contributed by atoms with Crippen LogP contribution in [0.3, 0.4) is 0 Å². The lowest BCUT2D eigenvalue weighted by atomic mass is 9.97. The molecular weight excluding hydrogens is 360 g/mol. The molecule has 0 fully saturated rings. The third-order valence-electron chi connectivity index (χ3n) is 4.19. The number of carbonyl (C=O) groups is 1. The molecule has 0 aliphatic rings. The first-order valence-electron chi connectivity index (χ1n) is 9.26. The van der Waals surface area contributed by atoms with Crippen LogP contribution in [0.5, 0.6) is 11.5 Å². The van der Waals surface area contributed by atoms with Gasteiger partial charge in [-0.3, -0.25) is 0 Å². The van der Waals surface area contributed by atoms with Gasteiger partial charge in [-0.15, -0.1) is 0 Å². The van der Waals surface area contributed by atoms with Crippen molar-refractivity contribution in [1.29, 1.82) is 0 Å². The van der Waals surface area contributed by atoms with Crippen molar-refractivity contribution in [3.63, 3.8) is 0 Å². The average Bonchev–Trinajstić information content (AvgIpc) is 2.71. The Morgan fingerprint density at radius 2 is 1.68 bits per heavy atom. The van der Waals surface area contributed by atoms with Crippen LogP contribution in [0.25, 0.3) is 21.9 Å². The summed E-state index contributed by atoms with van der Waals surface area (Å²) >= 11 is 0. The van der Waals surface area contributed by atoms with E-state index < -0.39 is 17.4 Å². The minimum absolute atomic E-state index is 0.315. The maximum absolute atomic E-state index is 12.2. The van der Waals surface area contributed by atoms with Crippen LogP contribution < -0.4 is 15.1 Å². The molecular formula is C22H22O6. The van der Waals surface area contributed by atoms with Crippen molar-refractivity contribution in [3.05, 3.63) is 58.6 Å². The van der Waals surface area contributed by atoms with Crippen molar-refractivity contribution in [3.8, 4) is 22.6 Å². The van der Waals surface area contributed by atoms with E-state index in [2.05, 4.69) is 0 Å². The number of carboxylic acid groups (broad SMARTS) is 1. The van der Waals surface area contributed by atoms with E-state index in [-0.39, 0.29) is 0 Å². The smallest absolute Gasteiger partial charge is 0.372 e. The second-order valence-electron chi connectivity index (χ2n) is 6.30. The van der Waals surface area contributed by atoms with Crippen molar-refractivity contribution in [1.82, 2.24) is 0 Å². The molecule has 6 heteroatoms. The largest absolute Gasteiger partial charge is 0.493 e. The fourth-order valence-corrected chi connectivity index (χ4v) is 2.97. The monoisotopic (exact) mass is 382 g/mol.